The van der Waals surface area contributed by atoms with Gasteiger partial charge < -0.3 is 15.0 Å². The predicted octanol–water partition coefficient (Wildman–Crippen LogP) is 2.51. The molecule has 1 fully saturated rings. The first-order valence-electron chi connectivity index (χ1n) is 7.62. The van der Waals surface area contributed by atoms with Crippen LogP contribution in [0.1, 0.15) is 47.0 Å². The van der Waals surface area contributed by atoms with Gasteiger partial charge in [-0.2, -0.15) is 0 Å². The van der Waals surface area contributed by atoms with Gasteiger partial charge in [-0.15, -0.1) is 0 Å². The second-order valence-electron chi connectivity index (χ2n) is 6.30. The van der Waals surface area contributed by atoms with Gasteiger partial charge in [0, 0.05) is 26.2 Å². The summed E-state index contributed by atoms with van der Waals surface area (Å²) in [5, 5.41) is 3.54. The Balaban J connectivity index is 2.30. The minimum absolute atomic E-state index is 0.350. The number of nitrogens with zero attached hydrogens (tertiary/aromatic N) is 1. The van der Waals surface area contributed by atoms with E-state index in [0.29, 0.717) is 11.5 Å². The van der Waals surface area contributed by atoms with E-state index >= 15 is 0 Å². The quantitative estimate of drug-likeness (QED) is 0.675. The second kappa shape index (κ2) is 8.13. The standard InChI is InChI=1S/C15H32N2O/c1-5-9-16-12-15(3,4)13-17-10-7-8-14(11-17)18-6-2/h14,16H,5-13H2,1-4H3. The van der Waals surface area contributed by atoms with E-state index in [9.17, 15) is 0 Å². The van der Waals surface area contributed by atoms with Crippen molar-refractivity contribution in [3.8, 4) is 0 Å². The largest absolute Gasteiger partial charge is 0.377 e. The van der Waals surface area contributed by atoms with Crippen molar-refractivity contribution in [1.29, 1.82) is 0 Å². The Labute approximate surface area is 113 Å². The molecule has 1 atom stereocenters. The van der Waals surface area contributed by atoms with E-state index < -0.39 is 0 Å². The first-order valence-corrected chi connectivity index (χ1v) is 7.62. The molecule has 1 heterocycles. The van der Waals surface area contributed by atoms with Gasteiger partial charge in [-0.1, -0.05) is 20.8 Å². The molecule has 0 aromatic carbocycles. The van der Waals surface area contributed by atoms with Crippen molar-refractivity contribution in [3.05, 3.63) is 0 Å². The lowest BCUT2D eigenvalue weighted by Gasteiger charge is -2.38. The number of likely N-dealkylation sites (tertiary alicyclic amines) is 1. The summed E-state index contributed by atoms with van der Waals surface area (Å²) in [6.07, 6.45) is 4.19. The van der Waals surface area contributed by atoms with Gasteiger partial charge in [0.05, 0.1) is 6.10 Å². The molecule has 0 bridgehead atoms. The van der Waals surface area contributed by atoms with Crippen LogP contribution in [0.15, 0.2) is 0 Å². The van der Waals surface area contributed by atoms with Crippen LogP contribution in [0.25, 0.3) is 0 Å². The summed E-state index contributed by atoms with van der Waals surface area (Å²) in [5.41, 5.74) is 0.350. The normalized spacial score (nSPS) is 22.3. The minimum Gasteiger partial charge on any atom is -0.377 e. The lowest BCUT2D eigenvalue weighted by atomic mass is 9.91. The first-order chi connectivity index (χ1) is 8.57. The Hall–Kier alpha value is -0.120. The molecule has 0 saturated carbocycles. The molecule has 18 heavy (non-hydrogen) atoms. The number of ether oxygens (including phenoxy) is 1. The highest BCUT2D eigenvalue weighted by Crippen LogP contribution is 2.20. The van der Waals surface area contributed by atoms with Gasteiger partial charge in [0.1, 0.15) is 0 Å². The van der Waals surface area contributed by atoms with Gasteiger partial charge >= 0.3 is 0 Å². The van der Waals surface area contributed by atoms with E-state index in [4.69, 9.17) is 4.74 Å². The van der Waals surface area contributed by atoms with Crippen molar-refractivity contribution in [2.24, 2.45) is 5.41 Å². The summed E-state index contributed by atoms with van der Waals surface area (Å²) < 4.78 is 5.77. The average Bonchev–Trinajstić information content (AvgIpc) is 2.29. The molecule has 3 nitrogen and oxygen atoms in total. The molecular weight excluding hydrogens is 224 g/mol. The Morgan fingerprint density at radius 3 is 2.78 bits per heavy atom. The number of hydrogen-bond donors (Lipinski definition) is 1. The molecule has 1 aliphatic rings. The van der Waals surface area contributed by atoms with Crippen molar-refractivity contribution < 1.29 is 4.74 Å². The zero-order valence-electron chi connectivity index (χ0n) is 12.8. The van der Waals surface area contributed by atoms with Crippen LogP contribution in [0.2, 0.25) is 0 Å². The topological polar surface area (TPSA) is 24.5 Å². The van der Waals surface area contributed by atoms with E-state index in [0.717, 1.165) is 26.2 Å². The Kier molecular flexibility index (Phi) is 7.20. The third-order valence-corrected chi connectivity index (χ3v) is 3.55. The summed E-state index contributed by atoms with van der Waals surface area (Å²) in [7, 11) is 0. The van der Waals surface area contributed by atoms with Gasteiger partial charge in [0.25, 0.3) is 0 Å². The zero-order valence-corrected chi connectivity index (χ0v) is 12.8. The third-order valence-electron chi connectivity index (χ3n) is 3.55. The van der Waals surface area contributed by atoms with Crippen LogP contribution >= 0.6 is 0 Å². The molecule has 1 aliphatic heterocycles. The van der Waals surface area contributed by atoms with Crippen molar-refractivity contribution in [2.75, 3.05) is 39.3 Å². The van der Waals surface area contributed by atoms with Crippen molar-refractivity contribution in [1.82, 2.24) is 10.2 Å². The molecule has 0 amide bonds. The molecule has 0 aliphatic carbocycles. The monoisotopic (exact) mass is 256 g/mol. The van der Waals surface area contributed by atoms with E-state index in [1.165, 1.54) is 32.4 Å². The molecule has 1 rings (SSSR count). The van der Waals surface area contributed by atoms with Crippen LogP contribution in [0, 0.1) is 5.41 Å². The molecule has 0 aromatic rings. The Morgan fingerprint density at radius 1 is 1.33 bits per heavy atom. The highest BCUT2D eigenvalue weighted by atomic mass is 16.5. The highest BCUT2D eigenvalue weighted by molar-refractivity contribution is 4.80. The summed E-state index contributed by atoms with van der Waals surface area (Å²) in [4.78, 5) is 2.58. The highest BCUT2D eigenvalue weighted by Gasteiger charge is 2.26. The average molecular weight is 256 g/mol. The molecule has 1 unspecified atom stereocenters. The minimum atomic E-state index is 0.350. The lowest BCUT2D eigenvalue weighted by molar-refractivity contribution is -0.00358. The fraction of sp³-hybridized carbons (Fsp3) is 1.00. The maximum Gasteiger partial charge on any atom is 0.0702 e. The second-order valence-corrected chi connectivity index (χ2v) is 6.30. The van der Waals surface area contributed by atoms with Crippen LogP contribution in [0.4, 0.5) is 0 Å². The van der Waals surface area contributed by atoms with E-state index in [2.05, 4.69) is 37.9 Å². The SMILES string of the molecule is CCCNCC(C)(C)CN1CCCC(OCC)C1. The van der Waals surface area contributed by atoms with Crippen LogP contribution in [-0.4, -0.2) is 50.3 Å². The fourth-order valence-electron chi connectivity index (χ4n) is 2.79. The first kappa shape index (κ1) is 15.9. The number of piperidine rings is 1. The fourth-order valence-corrected chi connectivity index (χ4v) is 2.79. The van der Waals surface area contributed by atoms with Crippen molar-refractivity contribution in [3.63, 3.8) is 0 Å². The van der Waals surface area contributed by atoms with E-state index in [1.54, 1.807) is 0 Å². The van der Waals surface area contributed by atoms with Crippen molar-refractivity contribution >= 4 is 0 Å². The molecule has 1 saturated heterocycles. The van der Waals surface area contributed by atoms with Crippen LogP contribution in [0.5, 0.6) is 0 Å². The summed E-state index contributed by atoms with van der Waals surface area (Å²) in [5.74, 6) is 0. The summed E-state index contributed by atoms with van der Waals surface area (Å²) in [6, 6.07) is 0. The summed E-state index contributed by atoms with van der Waals surface area (Å²) in [6.45, 7) is 15.6. The summed E-state index contributed by atoms with van der Waals surface area (Å²) >= 11 is 0. The molecule has 3 heteroatoms. The molecule has 0 radical (unpaired) electrons. The van der Waals surface area contributed by atoms with Gasteiger partial charge in [-0.3, -0.25) is 0 Å². The van der Waals surface area contributed by atoms with Gasteiger partial charge in [0.15, 0.2) is 0 Å². The van der Waals surface area contributed by atoms with Gasteiger partial charge in [-0.25, -0.2) is 0 Å². The molecule has 1 N–H and O–H groups in total. The maximum absolute atomic E-state index is 5.77. The van der Waals surface area contributed by atoms with Crippen LogP contribution < -0.4 is 5.32 Å². The maximum atomic E-state index is 5.77. The van der Waals surface area contributed by atoms with E-state index in [1.807, 2.05) is 0 Å². The van der Waals surface area contributed by atoms with Crippen molar-refractivity contribution in [2.45, 2.75) is 53.1 Å². The number of hydrogen-bond acceptors (Lipinski definition) is 3. The molecule has 0 spiro atoms. The smallest absolute Gasteiger partial charge is 0.0702 e. The lowest BCUT2D eigenvalue weighted by Crippen LogP contribution is -2.46. The van der Waals surface area contributed by atoms with Gasteiger partial charge in [0.2, 0.25) is 0 Å². The predicted molar refractivity (Wildman–Crippen MR) is 78.0 cm³/mol. The van der Waals surface area contributed by atoms with Gasteiger partial charge in [-0.05, 0) is 44.7 Å². The van der Waals surface area contributed by atoms with Crippen LogP contribution in [-0.2, 0) is 4.74 Å². The molecule has 108 valence electrons. The van der Waals surface area contributed by atoms with E-state index in [-0.39, 0.29) is 0 Å². The Morgan fingerprint density at radius 2 is 2.11 bits per heavy atom. The molecule has 0 aromatic heterocycles. The third kappa shape index (κ3) is 6.17. The number of rotatable bonds is 8. The Bertz CT molecular complexity index is 217. The number of nitrogens with one attached hydrogen (secondary N) is 1. The molecular formula is C15H32N2O. The van der Waals surface area contributed by atoms with Crippen LogP contribution in [0.3, 0.4) is 0 Å². The zero-order chi connectivity index (χ0) is 13.4.